The molecular formula is C18H28N2O3S. The normalized spacial score (nSPS) is 21.4. The molecule has 0 aromatic heterocycles. The van der Waals surface area contributed by atoms with Crippen LogP contribution in [0.1, 0.15) is 55.3 Å². The van der Waals surface area contributed by atoms with Crippen LogP contribution in [0.4, 0.5) is 0 Å². The molecule has 0 amide bonds. The van der Waals surface area contributed by atoms with Gasteiger partial charge in [0.2, 0.25) is 0 Å². The minimum atomic E-state index is -3.46. The Labute approximate surface area is 145 Å². The van der Waals surface area contributed by atoms with Gasteiger partial charge >= 0.3 is 0 Å². The third-order valence-corrected chi connectivity index (χ3v) is 6.97. The summed E-state index contributed by atoms with van der Waals surface area (Å²) in [6, 6.07) is 6.19. The molecule has 0 spiro atoms. The average Bonchev–Trinajstić information content (AvgIpc) is 2.61. The zero-order valence-electron chi connectivity index (χ0n) is 14.6. The molecule has 0 radical (unpaired) electrons. The molecule has 1 aromatic carbocycles. The summed E-state index contributed by atoms with van der Waals surface area (Å²) < 4.78 is 34.9. The minimum Gasteiger partial charge on any atom is -0.381 e. The third-order valence-electron chi connectivity index (χ3n) is 5.27. The molecule has 24 heavy (non-hydrogen) atoms. The van der Waals surface area contributed by atoms with E-state index in [9.17, 15) is 8.42 Å². The van der Waals surface area contributed by atoms with Crippen LogP contribution in [-0.2, 0) is 27.8 Å². The van der Waals surface area contributed by atoms with Crippen LogP contribution in [0, 0.1) is 0 Å². The first kappa shape index (κ1) is 17.9. The molecule has 0 unspecified atom stereocenters. The number of hydrogen-bond acceptors (Lipinski definition) is 3. The molecule has 3 rings (SSSR count). The lowest BCUT2D eigenvalue weighted by atomic mass is 9.89. The van der Waals surface area contributed by atoms with E-state index in [1.807, 2.05) is 6.92 Å². The Bertz CT molecular complexity index is 667. The second kappa shape index (κ2) is 7.52. The van der Waals surface area contributed by atoms with Crippen molar-refractivity contribution in [1.82, 2.24) is 9.03 Å². The van der Waals surface area contributed by atoms with Crippen molar-refractivity contribution in [2.24, 2.45) is 0 Å². The lowest BCUT2D eigenvalue weighted by Crippen LogP contribution is -2.46. The van der Waals surface area contributed by atoms with Gasteiger partial charge in [0.1, 0.15) is 0 Å². The number of piperidine rings is 1. The highest BCUT2D eigenvalue weighted by Gasteiger charge is 2.29. The van der Waals surface area contributed by atoms with Gasteiger partial charge in [-0.25, -0.2) is 0 Å². The number of fused-ring (bicyclic) bond motifs is 1. The fraction of sp³-hybridized carbons (Fsp3) is 0.667. The summed E-state index contributed by atoms with van der Waals surface area (Å²) in [5, 5.41) is 0. The predicted molar refractivity (Wildman–Crippen MR) is 95.2 cm³/mol. The van der Waals surface area contributed by atoms with E-state index in [0.717, 1.165) is 31.2 Å². The Morgan fingerprint density at radius 2 is 1.83 bits per heavy atom. The highest BCUT2D eigenvalue weighted by molar-refractivity contribution is 7.87. The molecule has 0 saturated carbocycles. The number of rotatable bonds is 5. The highest BCUT2D eigenvalue weighted by atomic mass is 32.2. The molecule has 1 aliphatic heterocycles. The zero-order chi connectivity index (χ0) is 17.2. The van der Waals surface area contributed by atoms with Gasteiger partial charge in [-0.2, -0.15) is 17.4 Å². The third kappa shape index (κ3) is 3.99. The number of hydrogen-bond donors (Lipinski definition) is 1. The van der Waals surface area contributed by atoms with Gasteiger partial charge in [-0.05, 0) is 62.1 Å². The van der Waals surface area contributed by atoms with Crippen LogP contribution < -0.4 is 4.72 Å². The van der Waals surface area contributed by atoms with E-state index in [-0.39, 0.29) is 12.1 Å². The van der Waals surface area contributed by atoms with Crippen LogP contribution in [-0.4, -0.2) is 39.0 Å². The van der Waals surface area contributed by atoms with Gasteiger partial charge in [0.15, 0.2) is 0 Å². The molecule has 134 valence electrons. The summed E-state index contributed by atoms with van der Waals surface area (Å²) in [5.74, 6) is 0. The molecule has 1 aromatic rings. The van der Waals surface area contributed by atoms with Crippen LogP contribution in [0.3, 0.4) is 0 Å². The molecule has 2 aliphatic rings. The molecular weight excluding hydrogens is 324 g/mol. The van der Waals surface area contributed by atoms with Crippen molar-refractivity contribution in [3.8, 4) is 0 Å². The molecule has 1 fully saturated rings. The second-order valence-electron chi connectivity index (χ2n) is 6.91. The van der Waals surface area contributed by atoms with Crippen LogP contribution in [0.15, 0.2) is 18.2 Å². The maximum absolute atomic E-state index is 12.6. The highest BCUT2D eigenvalue weighted by Crippen LogP contribution is 2.25. The molecule has 1 aliphatic carbocycles. The Morgan fingerprint density at radius 1 is 1.17 bits per heavy atom. The number of nitrogens with one attached hydrogen (secondary N) is 1. The summed E-state index contributed by atoms with van der Waals surface area (Å²) in [6.45, 7) is 2.96. The largest absolute Gasteiger partial charge is 0.381 e. The summed E-state index contributed by atoms with van der Waals surface area (Å²) in [7, 11) is -1.77. The topological polar surface area (TPSA) is 58.6 Å². The molecule has 0 bridgehead atoms. The SMILES string of the molecule is COC1CCN(S(=O)(=O)N[C@H](C)c2ccc3c(c2)CCCC3)CC1. The first-order chi connectivity index (χ1) is 11.5. The molecule has 1 heterocycles. The Hall–Kier alpha value is -0.950. The van der Waals surface area contributed by atoms with Crippen molar-refractivity contribution in [2.45, 2.75) is 57.6 Å². The van der Waals surface area contributed by atoms with E-state index < -0.39 is 10.2 Å². The monoisotopic (exact) mass is 352 g/mol. The summed E-state index contributed by atoms with van der Waals surface area (Å²) in [4.78, 5) is 0. The van der Waals surface area contributed by atoms with E-state index >= 15 is 0 Å². The molecule has 6 heteroatoms. The van der Waals surface area contributed by atoms with Crippen molar-refractivity contribution >= 4 is 10.2 Å². The Balaban J connectivity index is 1.66. The molecule has 1 N–H and O–H groups in total. The Kier molecular flexibility index (Phi) is 5.59. The quantitative estimate of drug-likeness (QED) is 0.886. The summed E-state index contributed by atoms with van der Waals surface area (Å²) in [5.41, 5.74) is 3.85. The number of aryl methyl sites for hydroxylation is 2. The van der Waals surface area contributed by atoms with Gasteiger partial charge in [-0.1, -0.05) is 18.2 Å². The molecule has 1 saturated heterocycles. The van der Waals surface area contributed by atoms with E-state index in [0.29, 0.717) is 13.1 Å². The van der Waals surface area contributed by atoms with Crippen LogP contribution in [0.2, 0.25) is 0 Å². The van der Waals surface area contributed by atoms with E-state index in [2.05, 4.69) is 22.9 Å². The lowest BCUT2D eigenvalue weighted by molar-refractivity contribution is 0.0601. The number of benzene rings is 1. The molecule has 5 nitrogen and oxygen atoms in total. The van der Waals surface area contributed by atoms with Crippen molar-refractivity contribution in [3.05, 3.63) is 34.9 Å². The first-order valence-corrected chi connectivity index (χ1v) is 10.4. The van der Waals surface area contributed by atoms with E-state index in [1.54, 1.807) is 7.11 Å². The first-order valence-electron chi connectivity index (χ1n) is 8.91. The van der Waals surface area contributed by atoms with Gasteiger partial charge < -0.3 is 4.74 Å². The minimum absolute atomic E-state index is 0.175. The fourth-order valence-electron chi connectivity index (χ4n) is 3.70. The number of nitrogens with zero attached hydrogens (tertiary/aromatic N) is 1. The van der Waals surface area contributed by atoms with Gasteiger partial charge in [0.05, 0.1) is 6.10 Å². The number of methoxy groups -OCH3 is 1. The Morgan fingerprint density at radius 3 is 2.50 bits per heavy atom. The van der Waals surface area contributed by atoms with Crippen molar-refractivity contribution in [2.75, 3.05) is 20.2 Å². The van der Waals surface area contributed by atoms with Crippen LogP contribution in [0.25, 0.3) is 0 Å². The summed E-state index contributed by atoms with van der Waals surface area (Å²) >= 11 is 0. The van der Waals surface area contributed by atoms with Gasteiger partial charge in [0.25, 0.3) is 10.2 Å². The summed E-state index contributed by atoms with van der Waals surface area (Å²) in [6.07, 6.45) is 6.42. The predicted octanol–water partition coefficient (Wildman–Crippen LogP) is 2.57. The van der Waals surface area contributed by atoms with Gasteiger partial charge in [0, 0.05) is 26.2 Å². The van der Waals surface area contributed by atoms with Gasteiger partial charge in [-0.3, -0.25) is 0 Å². The van der Waals surface area contributed by atoms with E-state index in [4.69, 9.17) is 4.74 Å². The average molecular weight is 353 g/mol. The van der Waals surface area contributed by atoms with Crippen molar-refractivity contribution in [3.63, 3.8) is 0 Å². The maximum Gasteiger partial charge on any atom is 0.279 e. The van der Waals surface area contributed by atoms with Gasteiger partial charge in [-0.15, -0.1) is 0 Å². The maximum atomic E-state index is 12.6. The lowest BCUT2D eigenvalue weighted by Gasteiger charge is -2.31. The van der Waals surface area contributed by atoms with E-state index in [1.165, 1.54) is 28.3 Å². The van der Waals surface area contributed by atoms with Crippen LogP contribution >= 0.6 is 0 Å². The fourth-order valence-corrected chi connectivity index (χ4v) is 5.12. The van der Waals surface area contributed by atoms with Crippen molar-refractivity contribution < 1.29 is 13.2 Å². The second-order valence-corrected chi connectivity index (χ2v) is 8.62. The van der Waals surface area contributed by atoms with Crippen LogP contribution in [0.5, 0.6) is 0 Å². The molecule has 1 atom stereocenters. The zero-order valence-corrected chi connectivity index (χ0v) is 15.4. The van der Waals surface area contributed by atoms with Crippen molar-refractivity contribution in [1.29, 1.82) is 0 Å². The smallest absolute Gasteiger partial charge is 0.279 e. The number of ether oxygens (including phenoxy) is 1. The standard InChI is InChI=1S/C18H28N2O3S/c1-14(16-8-7-15-5-3-4-6-17(15)13-16)19-24(21,22)20-11-9-18(23-2)10-12-20/h7-8,13-14,18-19H,3-6,9-12H2,1-2H3/t14-/m1/s1.